The molecule has 2 saturated carbocycles. The van der Waals surface area contributed by atoms with Crippen LogP contribution in [0.25, 0.3) is 0 Å². The zero-order chi connectivity index (χ0) is 26.8. The molecule has 4 aliphatic rings. The molecule has 6 heteroatoms. The van der Waals surface area contributed by atoms with Crippen molar-refractivity contribution >= 4 is 0 Å². The van der Waals surface area contributed by atoms with E-state index in [-0.39, 0.29) is 22.3 Å². The van der Waals surface area contributed by atoms with Gasteiger partial charge >= 0.3 is 0 Å². The Kier molecular flexibility index (Phi) is 7.00. The fourth-order valence-corrected chi connectivity index (χ4v) is 9.45. The second-order valence-electron chi connectivity index (χ2n) is 14.7. The molecular formula is C31H50N2O4. The first-order valence-electron chi connectivity index (χ1n) is 14.8. The van der Waals surface area contributed by atoms with Gasteiger partial charge in [0.15, 0.2) is 0 Å². The Morgan fingerprint density at radius 3 is 2.62 bits per heavy atom. The van der Waals surface area contributed by atoms with Gasteiger partial charge in [0, 0.05) is 43.9 Å². The summed E-state index contributed by atoms with van der Waals surface area (Å²) in [6.45, 7) is 13.8. The SMILES string of the molecule is CC1(C)CCC[C@@]2(C)[C@@H]1CC[C@@](C)(O)[C@@H]2CC[C@](C)(O)[C@H](O)CN1C[C@H]2C[C@@H](C1)c1cccc(=O)n1C2. The summed E-state index contributed by atoms with van der Waals surface area (Å²) in [4.78, 5) is 14.6. The number of likely N-dealkylation sites (tertiary alicyclic amines) is 1. The lowest BCUT2D eigenvalue weighted by Crippen LogP contribution is -2.58. The molecule has 0 unspecified atom stereocenters. The summed E-state index contributed by atoms with van der Waals surface area (Å²) in [5, 5.41) is 34.3. The topological polar surface area (TPSA) is 85.9 Å². The summed E-state index contributed by atoms with van der Waals surface area (Å²) in [6, 6.07) is 5.56. The lowest BCUT2D eigenvalue weighted by atomic mass is 9.45. The van der Waals surface area contributed by atoms with E-state index >= 15 is 0 Å². The number of rotatable bonds is 6. The number of nitrogens with zero attached hydrogens (tertiary/aromatic N) is 2. The minimum absolute atomic E-state index is 0.0559. The van der Waals surface area contributed by atoms with Crippen LogP contribution in [0.4, 0.5) is 0 Å². The summed E-state index contributed by atoms with van der Waals surface area (Å²) in [5.74, 6) is 1.38. The molecule has 3 fully saturated rings. The first-order valence-corrected chi connectivity index (χ1v) is 14.8. The zero-order valence-corrected chi connectivity index (χ0v) is 23.7. The van der Waals surface area contributed by atoms with Gasteiger partial charge in [-0.05, 0) is 93.4 Å². The van der Waals surface area contributed by atoms with Crippen LogP contribution < -0.4 is 5.56 Å². The van der Waals surface area contributed by atoms with Gasteiger partial charge in [-0.15, -0.1) is 0 Å². The van der Waals surface area contributed by atoms with E-state index in [1.54, 1.807) is 13.0 Å². The van der Waals surface area contributed by atoms with Crippen molar-refractivity contribution in [2.24, 2.45) is 28.6 Å². The van der Waals surface area contributed by atoms with Gasteiger partial charge in [-0.25, -0.2) is 0 Å². The summed E-state index contributed by atoms with van der Waals surface area (Å²) in [5.41, 5.74) is -0.437. The Hall–Kier alpha value is -1.21. The highest BCUT2D eigenvalue weighted by atomic mass is 16.3. The number of piperidine rings is 1. The molecule has 208 valence electrons. The second kappa shape index (κ2) is 9.46. The Morgan fingerprint density at radius 2 is 1.86 bits per heavy atom. The van der Waals surface area contributed by atoms with Crippen LogP contribution in [0.15, 0.2) is 23.0 Å². The van der Waals surface area contributed by atoms with Crippen LogP contribution in [-0.2, 0) is 6.54 Å². The van der Waals surface area contributed by atoms with E-state index in [0.29, 0.717) is 30.7 Å². The maximum absolute atomic E-state index is 12.3. The van der Waals surface area contributed by atoms with E-state index in [4.69, 9.17) is 0 Å². The maximum Gasteiger partial charge on any atom is 0.250 e. The number of aliphatic hydroxyl groups excluding tert-OH is 1. The second-order valence-corrected chi connectivity index (χ2v) is 14.7. The summed E-state index contributed by atoms with van der Waals surface area (Å²) in [6.07, 6.45) is 6.88. The maximum atomic E-state index is 12.3. The van der Waals surface area contributed by atoms with Crippen molar-refractivity contribution < 1.29 is 15.3 Å². The van der Waals surface area contributed by atoms with Crippen molar-refractivity contribution in [3.8, 4) is 0 Å². The van der Waals surface area contributed by atoms with Crippen molar-refractivity contribution in [2.75, 3.05) is 19.6 Å². The van der Waals surface area contributed by atoms with Gasteiger partial charge in [-0.1, -0.05) is 33.3 Å². The fourth-order valence-electron chi connectivity index (χ4n) is 9.45. The molecule has 1 aromatic rings. The highest BCUT2D eigenvalue weighted by molar-refractivity contribution is 5.17. The molecule has 2 aliphatic carbocycles. The predicted molar refractivity (Wildman–Crippen MR) is 146 cm³/mol. The van der Waals surface area contributed by atoms with Crippen molar-refractivity contribution in [3.63, 3.8) is 0 Å². The molecule has 5 rings (SSSR count). The third kappa shape index (κ3) is 4.97. The molecular weight excluding hydrogens is 464 g/mol. The number of hydrogen-bond acceptors (Lipinski definition) is 5. The van der Waals surface area contributed by atoms with E-state index in [1.165, 1.54) is 12.8 Å². The highest BCUT2D eigenvalue weighted by Gasteiger charge is 2.58. The smallest absolute Gasteiger partial charge is 0.250 e. The number of pyridine rings is 1. The van der Waals surface area contributed by atoms with E-state index in [0.717, 1.165) is 57.4 Å². The van der Waals surface area contributed by atoms with Gasteiger partial charge in [-0.2, -0.15) is 0 Å². The zero-order valence-electron chi connectivity index (χ0n) is 23.7. The number of hydrogen-bond donors (Lipinski definition) is 3. The van der Waals surface area contributed by atoms with Crippen LogP contribution in [0.1, 0.15) is 97.6 Å². The van der Waals surface area contributed by atoms with Crippen LogP contribution in [-0.4, -0.2) is 61.7 Å². The molecule has 6 nitrogen and oxygen atoms in total. The Labute approximate surface area is 223 Å². The highest BCUT2D eigenvalue weighted by Crippen LogP contribution is 2.63. The molecule has 3 N–H and O–H groups in total. The third-order valence-electron chi connectivity index (χ3n) is 11.4. The lowest BCUT2D eigenvalue weighted by molar-refractivity contribution is -0.176. The lowest BCUT2D eigenvalue weighted by Gasteiger charge is -2.61. The minimum atomic E-state index is -1.22. The molecule has 37 heavy (non-hydrogen) atoms. The monoisotopic (exact) mass is 514 g/mol. The molecule has 0 aromatic carbocycles. The average molecular weight is 515 g/mol. The van der Waals surface area contributed by atoms with E-state index in [9.17, 15) is 20.1 Å². The van der Waals surface area contributed by atoms with Gasteiger partial charge in [0.2, 0.25) is 0 Å². The molecule has 1 aromatic heterocycles. The predicted octanol–water partition coefficient (Wildman–Crippen LogP) is 4.15. The Bertz CT molecular complexity index is 1050. The number of aromatic nitrogens is 1. The van der Waals surface area contributed by atoms with Gasteiger partial charge in [0.25, 0.3) is 5.56 Å². The van der Waals surface area contributed by atoms with Crippen LogP contribution in [0.3, 0.4) is 0 Å². The molecule has 8 atom stereocenters. The fraction of sp³-hybridized carbons (Fsp3) is 0.839. The van der Waals surface area contributed by atoms with E-state index in [2.05, 4.69) is 31.7 Å². The first kappa shape index (κ1) is 27.4. The van der Waals surface area contributed by atoms with Crippen LogP contribution >= 0.6 is 0 Å². The van der Waals surface area contributed by atoms with E-state index < -0.39 is 17.3 Å². The molecule has 1 saturated heterocycles. The van der Waals surface area contributed by atoms with Crippen molar-refractivity contribution in [1.29, 1.82) is 0 Å². The molecule has 0 amide bonds. The standard InChI is InChI=1S/C31H50N2O4/c1-28(2)12-7-13-29(3)24(28)10-14-30(4,36)25(29)11-15-31(5,37)26(34)20-32-17-21-16-22(19-32)23-8-6-9-27(35)33(23)18-21/h6,8-9,21-22,24-26,34,36-37H,7,10-20H2,1-5H3/t21-,22+,24-,25-,26-,29+,30-,31+/m1/s1. The molecule has 3 heterocycles. The largest absolute Gasteiger partial charge is 0.390 e. The van der Waals surface area contributed by atoms with Gasteiger partial charge in [-0.3, -0.25) is 9.69 Å². The molecule has 0 radical (unpaired) electrons. The number of aliphatic hydroxyl groups is 3. The molecule has 2 bridgehead atoms. The van der Waals surface area contributed by atoms with Crippen molar-refractivity contribution in [1.82, 2.24) is 9.47 Å². The van der Waals surface area contributed by atoms with Crippen molar-refractivity contribution in [3.05, 3.63) is 34.2 Å². The average Bonchev–Trinajstić information content (AvgIpc) is 2.78. The van der Waals surface area contributed by atoms with Gasteiger partial charge in [0.05, 0.1) is 17.3 Å². The first-order chi connectivity index (χ1) is 17.2. The summed E-state index contributed by atoms with van der Waals surface area (Å²) < 4.78 is 1.93. The summed E-state index contributed by atoms with van der Waals surface area (Å²) in [7, 11) is 0. The normalized spacial score (nSPS) is 39.8. The number of fused-ring (bicyclic) bond motifs is 5. The summed E-state index contributed by atoms with van der Waals surface area (Å²) >= 11 is 0. The number of β-amino-alcohol motifs (C(OH)–C–C–N with tert-alkyl or cyclic N) is 1. The molecule has 0 spiro atoms. The Morgan fingerprint density at radius 1 is 1.11 bits per heavy atom. The van der Waals surface area contributed by atoms with E-state index in [1.807, 2.05) is 17.6 Å². The van der Waals surface area contributed by atoms with Crippen LogP contribution in [0.2, 0.25) is 0 Å². The molecule has 2 aliphatic heterocycles. The van der Waals surface area contributed by atoms with Crippen molar-refractivity contribution in [2.45, 2.75) is 116 Å². The van der Waals surface area contributed by atoms with Crippen LogP contribution in [0, 0.1) is 28.6 Å². The third-order valence-corrected chi connectivity index (χ3v) is 11.4. The Balaban J connectivity index is 1.25. The van der Waals surface area contributed by atoms with Gasteiger partial charge < -0.3 is 19.9 Å². The van der Waals surface area contributed by atoms with Gasteiger partial charge in [0.1, 0.15) is 0 Å². The quantitative estimate of drug-likeness (QED) is 0.531. The van der Waals surface area contributed by atoms with Crippen LogP contribution in [0.5, 0.6) is 0 Å². The minimum Gasteiger partial charge on any atom is -0.390 e.